The van der Waals surface area contributed by atoms with Crippen LogP contribution >= 0.6 is 0 Å². The number of methoxy groups -OCH3 is 1. The molecule has 1 saturated carbocycles. The first-order valence-corrected chi connectivity index (χ1v) is 7.24. The Morgan fingerprint density at radius 2 is 2.21 bits per heavy atom. The van der Waals surface area contributed by atoms with Gasteiger partial charge < -0.3 is 9.30 Å². The molecule has 0 N–H and O–H groups in total. The predicted octanol–water partition coefficient (Wildman–Crippen LogP) is 2.52. The van der Waals surface area contributed by atoms with E-state index in [1.54, 1.807) is 13.3 Å². The molecule has 1 fully saturated rings. The van der Waals surface area contributed by atoms with Crippen molar-refractivity contribution in [2.75, 3.05) is 7.11 Å². The summed E-state index contributed by atoms with van der Waals surface area (Å²) < 4.78 is 7.44. The molecule has 106 valence electrons. The number of ether oxygens (including phenoxy) is 1. The lowest BCUT2D eigenvalue weighted by Gasteiger charge is -2.28. The van der Waals surface area contributed by atoms with Crippen LogP contribution in [-0.2, 0) is 23.0 Å². The van der Waals surface area contributed by atoms with E-state index in [4.69, 9.17) is 4.74 Å². The van der Waals surface area contributed by atoms with Crippen molar-refractivity contribution in [2.45, 2.75) is 51.0 Å². The van der Waals surface area contributed by atoms with Gasteiger partial charge in [0, 0.05) is 39.4 Å². The number of hydrogen-bond donors (Lipinski definition) is 0. The number of carbonyl (C=O) groups is 1. The summed E-state index contributed by atoms with van der Waals surface area (Å²) >= 11 is 0. The molecular weight excluding hydrogens is 240 g/mol. The lowest BCUT2D eigenvalue weighted by Crippen LogP contribution is -2.33. The summed E-state index contributed by atoms with van der Waals surface area (Å²) in [5, 5.41) is 0. The maximum atomic E-state index is 12.3. The highest BCUT2D eigenvalue weighted by molar-refractivity contribution is 5.83. The summed E-state index contributed by atoms with van der Waals surface area (Å²) in [6.07, 6.45) is 10.7. The molecule has 1 aromatic heterocycles. The Labute approximate surface area is 115 Å². The first-order chi connectivity index (χ1) is 9.22. The summed E-state index contributed by atoms with van der Waals surface area (Å²) in [6.45, 7) is 0. The van der Waals surface area contributed by atoms with E-state index >= 15 is 0 Å². The van der Waals surface area contributed by atoms with Gasteiger partial charge in [-0.2, -0.15) is 0 Å². The second-order valence-electron chi connectivity index (χ2n) is 5.48. The van der Waals surface area contributed by atoms with E-state index in [0.717, 1.165) is 18.7 Å². The zero-order chi connectivity index (χ0) is 13.7. The van der Waals surface area contributed by atoms with E-state index in [2.05, 4.69) is 4.98 Å². The molecule has 1 heterocycles. The van der Waals surface area contributed by atoms with Crippen molar-refractivity contribution >= 4 is 5.78 Å². The van der Waals surface area contributed by atoms with Gasteiger partial charge in [0.25, 0.3) is 0 Å². The molecule has 4 heteroatoms. The van der Waals surface area contributed by atoms with Crippen molar-refractivity contribution in [2.24, 2.45) is 13.0 Å². The van der Waals surface area contributed by atoms with Gasteiger partial charge in [-0.25, -0.2) is 4.98 Å². The van der Waals surface area contributed by atoms with Crippen LogP contribution in [0.5, 0.6) is 0 Å². The lowest BCUT2D eigenvalue weighted by atomic mass is 9.83. The average Bonchev–Trinajstić information content (AvgIpc) is 2.84. The quantitative estimate of drug-likeness (QED) is 0.793. The Morgan fingerprint density at radius 3 is 2.79 bits per heavy atom. The second kappa shape index (κ2) is 6.85. The van der Waals surface area contributed by atoms with E-state index in [-0.39, 0.29) is 11.9 Å². The average molecular weight is 264 g/mol. The molecule has 0 aliphatic heterocycles. The Balaban J connectivity index is 1.87. The van der Waals surface area contributed by atoms with Gasteiger partial charge in [0.15, 0.2) is 5.78 Å². The van der Waals surface area contributed by atoms with E-state index in [1.807, 2.05) is 17.8 Å². The number of aromatic nitrogens is 2. The van der Waals surface area contributed by atoms with Gasteiger partial charge in [-0.15, -0.1) is 0 Å². The molecule has 19 heavy (non-hydrogen) atoms. The molecule has 4 nitrogen and oxygen atoms in total. The second-order valence-corrected chi connectivity index (χ2v) is 5.48. The number of imidazole rings is 1. The van der Waals surface area contributed by atoms with Crippen LogP contribution in [0.2, 0.25) is 0 Å². The summed E-state index contributed by atoms with van der Waals surface area (Å²) in [4.78, 5) is 16.6. The molecular formula is C15H24N2O2. The number of rotatable bonds is 6. The number of aryl methyl sites for hydroxylation is 2. The first kappa shape index (κ1) is 14.3. The van der Waals surface area contributed by atoms with Crippen molar-refractivity contribution < 1.29 is 9.53 Å². The number of carbonyl (C=O) groups excluding carboxylic acids is 1. The molecule has 0 saturated heterocycles. The van der Waals surface area contributed by atoms with Gasteiger partial charge in [-0.3, -0.25) is 4.79 Å². The normalized spacial score (nSPS) is 18.4. The van der Waals surface area contributed by atoms with Crippen LogP contribution in [0.15, 0.2) is 12.4 Å². The summed E-state index contributed by atoms with van der Waals surface area (Å²) in [5.41, 5.74) is 0. The standard InChI is InChI=1S/C15H24N2O2/c1-17-11-10-16-14(17)9-8-13(18)15(19-2)12-6-4-3-5-7-12/h10-12,15H,3-9H2,1-2H3. The molecule has 0 amide bonds. The topological polar surface area (TPSA) is 44.1 Å². The molecule has 0 aromatic carbocycles. The first-order valence-electron chi connectivity index (χ1n) is 7.24. The van der Waals surface area contributed by atoms with Crippen LogP contribution in [0.3, 0.4) is 0 Å². The van der Waals surface area contributed by atoms with Crippen molar-refractivity contribution in [3.05, 3.63) is 18.2 Å². The number of ketones is 1. The molecule has 2 rings (SSSR count). The molecule has 1 atom stereocenters. The van der Waals surface area contributed by atoms with E-state index < -0.39 is 0 Å². The van der Waals surface area contributed by atoms with Crippen molar-refractivity contribution in [1.82, 2.24) is 9.55 Å². The molecule has 0 radical (unpaired) electrons. The summed E-state index contributed by atoms with van der Waals surface area (Å²) in [7, 11) is 3.62. The molecule has 1 aliphatic rings. The Morgan fingerprint density at radius 1 is 1.47 bits per heavy atom. The maximum absolute atomic E-state index is 12.3. The van der Waals surface area contributed by atoms with E-state index in [9.17, 15) is 4.79 Å². The molecule has 1 aromatic rings. The predicted molar refractivity (Wildman–Crippen MR) is 73.9 cm³/mol. The zero-order valence-corrected chi connectivity index (χ0v) is 12.0. The summed E-state index contributed by atoms with van der Waals surface area (Å²) in [5.74, 6) is 1.62. The molecule has 1 unspecified atom stereocenters. The van der Waals surface area contributed by atoms with Gasteiger partial charge >= 0.3 is 0 Å². The number of nitrogens with zero attached hydrogens (tertiary/aromatic N) is 2. The minimum absolute atomic E-state index is 0.208. The highest BCUT2D eigenvalue weighted by Gasteiger charge is 2.28. The van der Waals surface area contributed by atoms with E-state index in [0.29, 0.717) is 18.8 Å². The number of hydrogen-bond acceptors (Lipinski definition) is 3. The maximum Gasteiger partial charge on any atom is 0.162 e. The summed E-state index contributed by atoms with van der Waals surface area (Å²) in [6, 6.07) is 0. The monoisotopic (exact) mass is 264 g/mol. The van der Waals surface area contributed by atoms with Crippen molar-refractivity contribution in [1.29, 1.82) is 0 Å². The van der Waals surface area contributed by atoms with Crippen LogP contribution in [0, 0.1) is 5.92 Å². The Kier molecular flexibility index (Phi) is 5.14. The fourth-order valence-corrected chi connectivity index (χ4v) is 3.04. The third kappa shape index (κ3) is 3.66. The zero-order valence-electron chi connectivity index (χ0n) is 12.0. The van der Waals surface area contributed by atoms with Crippen LogP contribution in [0.1, 0.15) is 44.3 Å². The largest absolute Gasteiger partial charge is 0.373 e. The van der Waals surface area contributed by atoms with Crippen LogP contribution < -0.4 is 0 Å². The minimum Gasteiger partial charge on any atom is -0.373 e. The van der Waals surface area contributed by atoms with Crippen molar-refractivity contribution in [3.8, 4) is 0 Å². The Hall–Kier alpha value is -1.16. The van der Waals surface area contributed by atoms with Crippen molar-refractivity contribution in [3.63, 3.8) is 0 Å². The molecule has 0 bridgehead atoms. The fraction of sp³-hybridized carbons (Fsp3) is 0.733. The van der Waals surface area contributed by atoms with Gasteiger partial charge in [0.1, 0.15) is 11.9 Å². The van der Waals surface area contributed by atoms with Crippen LogP contribution in [-0.4, -0.2) is 28.5 Å². The molecule has 0 spiro atoms. The van der Waals surface area contributed by atoms with Crippen LogP contribution in [0.4, 0.5) is 0 Å². The third-order valence-corrected chi connectivity index (χ3v) is 4.17. The Bertz CT molecular complexity index is 408. The van der Waals surface area contributed by atoms with Crippen LogP contribution in [0.25, 0.3) is 0 Å². The fourth-order valence-electron chi connectivity index (χ4n) is 3.04. The van der Waals surface area contributed by atoms with Gasteiger partial charge in [-0.1, -0.05) is 19.3 Å². The van der Waals surface area contributed by atoms with E-state index in [1.165, 1.54) is 19.3 Å². The van der Waals surface area contributed by atoms with Gasteiger partial charge in [0.2, 0.25) is 0 Å². The highest BCUT2D eigenvalue weighted by Crippen LogP contribution is 2.28. The molecule has 1 aliphatic carbocycles. The lowest BCUT2D eigenvalue weighted by molar-refractivity contribution is -0.132. The number of Topliss-reactive ketones (excluding diaryl/α,β-unsaturated/α-hetero) is 1. The van der Waals surface area contributed by atoms with Gasteiger partial charge in [-0.05, 0) is 18.8 Å². The highest BCUT2D eigenvalue weighted by atomic mass is 16.5. The smallest absolute Gasteiger partial charge is 0.162 e. The third-order valence-electron chi connectivity index (χ3n) is 4.17. The van der Waals surface area contributed by atoms with Gasteiger partial charge in [0.05, 0.1) is 0 Å². The minimum atomic E-state index is -0.208. The SMILES string of the molecule is COC(C(=O)CCc1nccn1C)C1CCCCC1.